The first-order chi connectivity index (χ1) is 15.3. The van der Waals surface area contributed by atoms with Crippen molar-refractivity contribution >= 4 is 44.2 Å². The third-order valence-corrected chi connectivity index (χ3v) is 6.73. The smallest absolute Gasteiger partial charge is 0.349 e. The van der Waals surface area contributed by atoms with E-state index in [0.29, 0.717) is 15.4 Å². The molecule has 0 N–H and O–H groups in total. The van der Waals surface area contributed by atoms with E-state index in [0.717, 1.165) is 0 Å². The van der Waals surface area contributed by atoms with Crippen LogP contribution in [0.2, 0.25) is 5.02 Å². The number of halogens is 1. The van der Waals surface area contributed by atoms with Crippen LogP contribution in [0.15, 0.2) is 93.0 Å². The maximum atomic E-state index is 13.5. The predicted octanol–water partition coefficient (Wildman–Crippen LogP) is 4.49. The van der Waals surface area contributed by atoms with Crippen molar-refractivity contribution in [2.75, 3.05) is 11.4 Å². The Bertz CT molecular complexity index is 1480. The number of carbonyl (C=O) groups excluding carboxylic acids is 1. The minimum atomic E-state index is -4.40. The van der Waals surface area contributed by atoms with Gasteiger partial charge in [-0.1, -0.05) is 48.0 Å². The quantitative estimate of drug-likeness (QED) is 0.400. The molecule has 1 aromatic heterocycles. The van der Waals surface area contributed by atoms with Crippen molar-refractivity contribution in [2.45, 2.75) is 4.90 Å². The van der Waals surface area contributed by atoms with Crippen molar-refractivity contribution in [1.29, 1.82) is 0 Å². The highest BCUT2D eigenvalue weighted by Gasteiger charge is 2.34. The lowest BCUT2D eigenvalue weighted by atomic mass is 10.1. The van der Waals surface area contributed by atoms with E-state index in [2.05, 4.69) is 0 Å². The van der Waals surface area contributed by atoms with E-state index in [4.69, 9.17) is 20.8 Å². The molecule has 0 unspecified atom stereocenters. The predicted molar refractivity (Wildman–Crippen MR) is 121 cm³/mol. The number of hydrogen-bond acceptors (Lipinski definition) is 6. The summed E-state index contributed by atoms with van der Waals surface area (Å²) in [7, 11) is -3.00. The Morgan fingerprint density at radius 3 is 2.34 bits per heavy atom. The number of sulfonamides is 1. The van der Waals surface area contributed by atoms with Gasteiger partial charge in [-0.05, 0) is 42.5 Å². The SMILES string of the molecule is COc1ccc(N(C(=O)c2cc3ccccc3oc2=O)S(=O)(=O)c2ccccc2)cc1Cl. The largest absolute Gasteiger partial charge is 0.495 e. The van der Waals surface area contributed by atoms with Crippen LogP contribution in [0.5, 0.6) is 5.75 Å². The molecule has 4 rings (SSSR count). The standard InChI is InChI=1S/C23H16ClNO6S/c1-30-21-12-11-16(14-19(21)24)25(32(28,29)17-8-3-2-4-9-17)22(26)18-13-15-7-5-6-10-20(15)31-23(18)27/h2-14H,1H3. The number of nitrogens with zero attached hydrogens (tertiary/aromatic N) is 1. The second-order valence-corrected chi connectivity index (χ2v) is 8.89. The van der Waals surface area contributed by atoms with E-state index in [9.17, 15) is 18.0 Å². The number of amides is 1. The first-order valence-corrected chi connectivity index (χ1v) is 11.2. The molecule has 3 aromatic carbocycles. The number of methoxy groups -OCH3 is 1. The Hall–Kier alpha value is -3.62. The topological polar surface area (TPSA) is 93.9 Å². The number of anilines is 1. The summed E-state index contributed by atoms with van der Waals surface area (Å²) in [4.78, 5) is 26.0. The molecule has 4 aromatic rings. The van der Waals surface area contributed by atoms with Crippen molar-refractivity contribution in [2.24, 2.45) is 0 Å². The van der Waals surface area contributed by atoms with Gasteiger partial charge in [0.2, 0.25) is 0 Å². The van der Waals surface area contributed by atoms with E-state index in [1.165, 1.54) is 55.6 Å². The van der Waals surface area contributed by atoms with Gasteiger partial charge in [-0.25, -0.2) is 13.2 Å². The Morgan fingerprint density at radius 2 is 1.66 bits per heavy atom. The summed E-state index contributed by atoms with van der Waals surface area (Å²) in [5, 5.41) is 0.567. The van der Waals surface area contributed by atoms with Crippen LogP contribution < -0.4 is 14.7 Å². The molecule has 0 spiro atoms. The molecule has 32 heavy (non-hydrogen) atoms. The molecule has 0 saturated heterocycles. The van der Waals surface area contributed by atoms with Gasteiger partial charge in [0, 0.05) is 5.39 Å². The number of benzene rings is 3. The van der Waals surface area contributed by atoms with Crippen LogP contribution in [0.1, 0.15) is 10.4 Å². The van der Waals surface area contributed by atoms with E-state index < -0.39 is 27.1 Å². The van der Waals surface area contributed by atoms with Gasteiger partial charge < -0.3 is 9.15 Å². The number of ether oxygens (including phenoxy) is 1. The van der Waals surface area contributed by atoms with Gasteiger partial charge >= 0.3 is 5.63 Å². The Kier molecular flexibility index (Phi) is 5.73. The highest BCUT2D eigenvalue weighted by molar-refractivity contribution is 7.93. The average molecular weight is 470 g/mol. The molecular formula is C23H16ClNO6S. The number of para-hydroxylation sites is 1. The summed E-state index contributed by atoms with van der Waals surface area (Å²) in [6, 6.07) is 19.4. The molecule has 7 nitrogen and oxygen atoms in total. The molecule has 0 aliphatic carbocycles. The Labute approximate surface area is 188 Å². The van der Waals surface area contributed by atoms with Crippen molar-refractivity contribution in [3.05, 3.63) is 99.9 Å². The first-order valence-electron chi connectivity index (χ1n) is 9.34. The van der Waals surface area contributed by atoms with Crippen LogP contribution in [0.3, 0.4) is 0 Å². The normalized spacial score (nSPS) is 11.3. The van der Waals surface area contributed by atoms with Crippen LogP contribution >= 0.6 is 11.6 Å². The van der Waals surface area contributed by atoms with Crippen molar-refractivity contribution in [3.63, 3.8) is 0 Å². The fourth-order valence-corrected chi connectivity index (χ4v) is 4.84. The third kappa shape index (κ3) is 3.86. The molecule has 0 radical (unpaired) electrons. The van der Waals surface area contributed by atoms with Crippen LogP contribution in [-0.4, -0.2) is 21.4 Å². The first kappa shape index (κ1) is 21.6. The van der Waals surface area contributed by atoms with Gasteiger partial charge in [0.15, 0.2) is 0 Å². The second kappa shape index (κ2) is 8.49. The van der Waals surface area contributed by atoms with Crippen molar-refractivity contribution in [3.8, 4) is 5.75 Å². The molecular weight excluding hydrogens is 454 g/mol. The zero-order valence-electron chi connectivity index (χ0n) is 16.7. The monoisotopic (exact) mass is 469 g/mol. The molecule has 1 amide bonds. The van der Waals surface area contributed by atoms with Crippen molar-refractivity contribution < 1.29 is 22.4 Å². The van der Waals surface area contributed by atoms with Gasteiger partial charge in [-0.3, -0.25) is 4.79 Å². The van der Waals surface area contributed by atoms with Crippen LogP contribution in [0.4, 0.5) is 5.69 Å². The fourth-order valence-electron chi connectivity index (χ4n) is 3.17. The summed E-state index contributed by atoms with van der Waals surface area (Å²) < 4.78 is 37.9. The zero-order chi connectivity index (χ0) is 22.9. The van der Waals surface area contributed by atoms with Crippen LogP contribution in [-0.2, 0) is 10.0 Å². The summed E-state index contributed by atoms with van der Waals surface area (Å²) in [5.74, 6) is -0.778. The van der Waals surface area contributed by atoms with E-state index in [-0.39, 0.29) is 21.2 Å². The lowest BCUT2D eigenvalue weighted by molar-refractivity contribution is 0.100. The molecule has 9 heteroatoms. The summed E-state index contributed by atoms with van der Waals surface area (Å²) >= 11 is 6.19. The molecule has 1 heterocycles. The lowest BCUT2D eigenvalue weighted by Gasteiger charge is -2.23. The van der Waals surface area contributed by atoms with E-state index in [1.54, 1.807) is 30.3 Å². The van der Waals surface area contributed by atoms with E-state index in [1.807, 2.05) is 0 Å². The molecule has 0 aliphatic rings. The van der Waals surface area contributed by atoms with E-state index >= 15 is 0 Å². The Balaban J connectivity index is 1.94. The third-order valence-electron chi connectivity index (χ3n) is 4.71. The highest BCUT2D eigenvalue weighted by Crippen LogP contribution is 2.33. The van der Waals surface area contributed by atoms with Gasteiger partial charge in [-0.15, -0.1) is 0 Å². The van der Waals surface area contributed by atoms with Gasteiger partial charge in [0.05, 0.1) is 22.7 Å². The number of hydrogen-bond donors (Lipinski definition) is 0. The molecule has 0 atom stereocenters. The fraction of sp³-hybridized carbons (Fsp3) is 0.0435. The van der Waals surface area contributed by atoms with Gasteiger partial charge in [0.1, 0.15) is 16.9 Å². The minimum absolute atomic E-state index is 0.0581. The lowest BCUT2D eigenvalue weighted by Crippen LogP contribution is -2.39. The van der Waals surface area contributed by atoms with Gasteiger partial charge in [0.25, 0.3) is 15.9 Å². The summed E-state index contributed by atoms with van der Waals surface area (Å²) in [6.45, 7) is 0. The summed E-state index contributed by atoms with van der Waals surface area (Å²) in [6.07, 6.45) is 0. The van der Waals surface area contributed by atoms with Crippen LogP contribution in [0, 0.1) is 0 Å². The summed E-state index contributed by atoms with van der Waals surface area (Å²) in [5.41, 5.74) is -1.17. The Morgan fingerprint density at radius 1 is 0.969 bits per heavy atom. The maximum Gasteiger partial charge on any atom is 0.349 e. The number of carbonyl (C=O) groups is 1. The number of fused-ring (bicyclic) bond motifs is 1. The second-order valence-electron chi connectivity index (χ2n) is 6.69. The molecule has 0 saturated carbocycles. The van der Waals surface area contributed by atoms with Crippen LogP contribution in [0.25, 0.3) is 11.0 Å². The molecule has 0 bridgehead atoms. The average Bonchev–Trinajstić information content (AvgIpc) is 2.79. The number of rotatable bonds is 5. The molecule has 0 fully saturated rings. The highest BCUT2D eigenvalue weighted by atomic mass is 35.5. The molecule has 0 aliphatic heterocycles. The maximum absolute atomic E-state index is 13.5. The van der Waals surface area contributed by atoms with Gasteiger partial charge in [-0.2, -0.15) is 4.31 Å². The molecule has 162 valence electrons. The minimum Gasteiger partial charge on any atom is -0.495 e. The van der Waals surface area contributed by atoms with Crippen molar-refractivity contribution in [1.82, 2.24) is 0 Å². The zero-order valence-corrected chi connectivity index (χ0v) is 18.3.